The molecule has 0 aliphatic rings. The Morgan fingerprint density at radius 2 is 1.85 bits per heavy atom. The number of rotatable bonds is 0. The minimum Gasteiger partial charge on any atom is -0.462 e. The predicted octanol–water partition coefficient (Wildman–Crippen LogP) is 3.35. The normalized spacial score (nSPS) is 9.46. The van der Waals surface area contributed by atoms with Crippen molar-refractivity contribution in [2.24, 2.45) is 0 Å². The van der Waals surface area contributed by atoms with Crippen molar-refractivity contribution in [3.05, 3.63) is 30.0 Å². The molecule has 0 spiro atoms. The average Bonchev–Trinajstić information content (AvgIpc) is 2.64. The van der Waals surface area contributed by atoms with Crippen LogP contribution in [0.3, 0.4) is 0 Å². The highest BCUT2D eigenvalue weighted by molar-refractivity contribution is 5.90. The van der Waals surface area contributed by atoms with Gasteiger partial charge >= 0.3 is 0 Å². The highest BCUT2D eigenvalue weighted by atomic mass is 16.3. The maximum absolute atomic E-state index is 5.68. The molecule has 0 saturated heterocycles. The molecule has 0 radical (unpaired) electrons. The zero-order valence-corrected chi connectivity index (χ0v) is 8.29. The maximum Gasteiger partial charge on any atom is 0.156 e. The molecule has 2 N–H and O–H groups in total. The van der Waals surface area contributed by atoms with Gasteiger partial charge in [0.2, 0.25) is 0 Å². The van der Waals surface area contributed by atoms with Crippen molar-refractivity contribution in [3.8, 4) is 0 Å². The van der Waals surface area contributed by atoms with Crippen LogP contribution in [0.5, 0.6) is 0 Å². The second-order valence-electron chi connectivity index (χ2n) is 2.64. The lowest BCUT2D eigenvalue weighted by Gasteiger charge is -1.96. The van der Waals surface area contributed by atoms with Gasteiger partial charge in [-0.15, -0.1) is 0 Å². The van der Waals surface area contributed by atoms with Gasteiger partial charge in [-0.05, 0) is 24.6 Å². The third-order valence-electron chi connectivity index (χ3n) is 1.87. The number of hydrogen-bond acceptors (Lipinski definition) is 2. The van der Waals surface area contributed by atoms with Gasteiger partial charge in [0.15, 0.2) is 5.58 Å². The number of hydrogen-bond donors (Lipinski definition) is 1. The highest BCUT2D eigenvalue weighted by Gasteiger charge is 2.02. The van der Waals surface area contributed by atoms with Crippen molar-refractivity contribution < 1.29 is 4.42 Å². The van der Waals surface area contributed by atoms with Gasteiger partial charge in [0, 0.05) is 5.39 Å². The van der Waals surface area contributed by atoms with E-state index in [1.807, 2.05) is 39.0 Å². The van der Waals surface area contributed by atoms with Gasteiger partial charge in [-0.25, -0.2) is 0 Å². The first kappa shape index (κ1) is 9.65. The summed E-state index contributed by atoms with van der Waals surface area (Å²) in [6.45, 7) is 6.04. The van der Waals surface area contributed by atoms with Gasteiger partial charge in [-0.1, -0.05) is 19.9 Å². The smallest absolute Gasteiger partial charge is 0.156 e. The summed E-state index contributed by atoms with van der Waals surface area (Å²) in [5, 5.41) is 1.10. The van der Waals surface area contributed by atoms with E-state index in [9.17, 15) is 0 Å². The number of nitrogens with two attached hydrogens (primary N) is 1. The van der Waals surface area contributed by atoms with Crippen LogP contribution < -0.4 is 5.73 Å². The van der Waals surface area contributed by atoms with Crippen LogP contribution in [-0.4, -0.2) is 0 Å². The van der Waals surface area contributed by atoms with Crippen molar-refractivity contribution in [2.45, 2.75) is 20.8 Å². The lowest BCUT2D eigenvalue weighted by Crippen LogP contribution is -1.85. The highest BCUT2D eigenvalue weighted by Crippen LogP contribution is 2.24. The molecule has 0 aliphatic heterocycles. The molecule has 0 fully saturated rings. The monoisotopic (exact) mass is 177 g/mol. The van der Waals surface area contributed by atoms with Crippen LogP contribution in [-0.2, 0) is 0 Å². The summed E-state index contributed by atoms with van der Waals surface area (Å²) in [5.74, 6) is 0. The van der Waals surface area contributed by atoms with Gasteiger partial charge in [-0.3, -0.25) is 0 Å². The van der Waals surface area contributed by atoms with Crippen LogP contribution >= 0.6 is 0 Å². The Bertz CT molecular complexity index is 354. The molecule has 0 aliphatic carbocycles. The van der Waals surface area contributed by atoms with Crippen LogP contribution in [0.2, 0.25) is 0 Å². The summed E-state index contributed by atoms with van der Waals surface area (Å²) in [6, 6.07) is 5.79. The Morgan fingerprint density at radius 1 is 1.15 bits per heavy atom. The number of benzene rings is 1. The standard InChI is InChI=1S/C9H9NO.C2H6/c1-6-2-3-8(10)9-7(6)4-5-11-9;1-2/h2-5H,10H2,1H3;1-2H3. The number of aryl methyl sites for hydroxylation is 1. The molecule has 0 amide bonds. The van der Waals surface area contributed by atoms with E-state index >= 15 is 0 Å². The maximum atomic E-state index is 5.68. The third-order valence-corrected chi connectivity index (χ3v) is 1.87. The van der Waals surface area contributed by atoms with E-state index < -0.39 is 0 Å². The Kier molecular flexibility index (Phi) is 2.96. The Hall–Kier alpha value is -1.44. The Balaban J connectivity index is 0.000000396. The summed E-state index contributed by atoms with van der Waals surface area (Å²) < 4.78 is 5.20. The number of anilines is 1. The summed E-state index contributed by atoms with van der Waals surface area (Å²) in [6.07, 6.45) is 1.66. The average molecular weight is 177 g/mol. The van der Waals surface area contributed by atoms with E-state index in [0.717, 1.165) is 11.0 Å². The van der Waals surface area contributed by atoms with Gasteiger partial charge in [-0.2, -0.15) is 0 Å². The SMILES string of the molecule is CC.Cc1ccc(N)c2occc12. The minimum atomic E-state index is 0.704. The van der Waals surface area contributed by atoms with Crippen molar-refractivity contribution in [2.75, 3.05) is 5.73 Å². The van der Waals surface area contributed by atoms with E-state index in [1.54, 1.807) is 6.26 Å². The molecule has 2 rings (SSSR count). The predicted molar refractivity (Wildman–Crippen MR) is 56.7 cm³/mol. The van der Waals surface area contributed by atoms with Crippen LogP contribution in [0.15, 0.2) is 28.9 Å². The molecule has 2 heteroatoms. The van der Waals surface area contributed by atoms with Crippen molar-refractivity contribution in [1.82, 2.24) is 0 Å². The molecular formula is C11H15NO. The molecule has 1 aromatic heterocycles. The zero-order chi connectivity index (χ0) is 9.84. The minimum absolute atomic E-state index is 0.704. The summed E-state index contributed by atoms with van der Waals surface area (Å²) >= 11 is 0. The van der Waals surface area contributed by atoms with Gasteiger partial charge in [0.25, 0.3) is 0 Å². The first-order valence-corrected chi connectivity index (χ1v) is 4.51. The zero-order valence-electron chi connectivity index (χ0n) is 8.29. The van der Waals surface area contributed by atoms with Crippen LogP contribution in [0, 0.1) is 6.92 Å². The fraction of sp³-hybridized carbons (Fsp3) is 0.273. The van der Waals surface area contributed by atoms with E-state index in [-0.39, 0.29) is 0 Å². The topological polar surface area (TPSA) is 39.2 Å². The molecule has 2 nitrogen and oxygen atoms in total. The third kappa shape index (κ3) is 1.66. The lowest BCUT2D eigenvalue weighted by molar-refractivity contribution is 0.617. The number of fused-ring (bicyclic) bond motifs is 1. The van der Waals surface area contributed by atoms with Crippen molar-refractivity contribution in [3.63, 3.8) is 0 Å². The Morgan fingerprint density at radius 3 is 2.46 bits per heavy atom. The largest absolute Gasteiger partial charge is 0.462 e. The number of furan rings is 1. The molecule has 0 unspecified atom stereocenters. The van der Waals surface area contributed by atoms with Gasteiger partial charge in [0.05, 0.1) is 12.0 Å². The second kappa shape index (κ2) is 3.99. The Labute approximate surface area is 78.3 Å². The molecule has 1 aromatic carbocycles. The molecular weight excluding hydrogens is 162 g/mol. The van der Waals surface area contributed by atoms with E-state index in [1.165, 1.54) is 5.56 Å². The summed E-state index contributed by atoms with van der Waals surface area (Å²) in [5.41, 5.74) is 8.37. The fourth-order valence-corrected chi connectivity index (χ4v) is 1.22. The van der Waals surface area contributed by atoms with Gasteiger partial charge < -0.3 is 10.2 Å². The first-order chi connectivity index (χ1) is 6.29. The first-order valence-electron chi connectivity index (χ1n) is 4.51. The van der Waals surface area contributed by atoms with Crippen LogP contribution in [0.4, 0.5) is 5.69 Å². The summed E-state index contributed by atoms with van der Waals surface area (Å²) in [7, 11) is 0. The summed E-state index contributed by atoms with van der Waals surface area (Å²) in [4.78, 5) is 0. The number of nitrogen functional groups attached to an aromatic ring is 1. The molecule has 70 valence electrons. The second-order valence-corrected chi connectivity index (χ2v) is 2.64. The van der Waals surface area contributed by atoms with E-state index in [2.05, 4.69) is 0 Å². The van der Waals surface area contributed by atoms with Crippen LogP contribution in [0.1, 0.15) is 19.4 Å². The molecule has 1 heterocycles. The molecule has 0 atom stereocenters. The quantitative estimate of drug-likeness (QED) is 0.627. The van der Waals surface area contributed by atoms with Crippen molar-refractivity contribution >= 4 is 16.7 Å². The van der Waals surface area contributed by atoms with E-state index in [4.69, 9.17) is 10.2 Å². The molecule has 13 heavy (non-hydrogen) atoms. The van der Waals surface area contributed by atoms with Crippen molar-refractivity contribution in [1.29, 1.82) is 0 Å². The lowest BCUT2D eigenvalue weighted by atomic mass is 10.1. The molecule has 2 aromatic rings. The molecule has 0 bridgehead atoms. The van der Waals surface area contributed by atoms with Gasteiger partial charge in [0.1, 0.15) is 0 Å². The van der Waals surface area contributed by atoms with E-state index in [0.29, 0.717) is 5.69 Å². The molecule has 0 saturated carbocycles. The fourth-order valence-electron chi connectivity index (χ4n) is 1.22. The van der Waals surface area contributed by atoms with Crippen LogP contribution in [0.25, 0.3) is 11.0 Å².